The predicted octanol–water partition coefficient (Wildman–Crippen LogP) is 0.237. The van der Waals surface area contributed by atoms with E-state index in [1.54, 1.807) is 24.3 Å². The number of rotatable bonds is 6. The average Bonchev–Trinajstić information content (AvgIpc) is 3.34. The topological polar surface area (TPSA) is 110 Å². The molecule has 0 spiro atoms. The van der Waals surface area contributed by atoms with Crippen LogP contribution in [-0.2, 0) is 0 Å². The molecule has 2 heterocycles. The molecule has 0 bridgehead atoms. The Balaban J connectivity index is 1.23. The zero-order valence-corrected chi connectivity index (χ0v) is 17.4. The molecule has 2 aromatic carbocycles. The third-order valence-electron chi connectivity index (χ3n) is 3.96. The third-order valence-corrected chi connectivity index (χ3v) is 6.29. The van der Waals surface area contributed by atoms with Crippen LogP contribution in [0.15, 0.2) is 36.4 Å². The Morgan fingerprint density at radius 1 is 0.704 bits per heavy atom. The standard InChI is InChI=1S/C17H14N6O2Se2/c24-16(10-2-4-12-14(8-10)22-26-20-12)18-6-1-7-19-17(25)11-3-5-13-15(9-11)23-27-21-13/h2-5,8-9H,1,6-7H2,(H,18,24)(H,19,25). The van der Waals surface area contributed by atoms with Crippen molar-refractivity contribution >= 4 is 63.8 Å². The van der Waals surface area contributed by atoms with E-state index in [0.717, 1.165) is 22.1 Å². The molecule has 4 aromatic rings. The molecule has 0 atom stereocenters. The van der Waals surface area contributed by atoms with Gasteiger partial charge in [0.1, 0.15) is 0 Å². The first-order valence-corrected chi connectivity index (χ1v) is 11.3. The van der Waals surface area contributed by atoms with E-state index in [1.165, 1.54) is 0 Å². The molecular formula is C17H14N6O2Se2. The first-order chi connectivity index (χ1) is 13.2. The van der Waals surface area contributed by atoms with Gasteiger partial charge >= 0.3 is 167 Å². The van der Waals surface area contributed by atoms with Crippen LogP contribution in [0.5, 0.6) is 0 Å². The summed E-state index contributed by atoms with van der Waals surface area (Å²) in [4.78, 5) is 24.4. The van der Waals surface area contributed by atoms with E-state index in [9.17, 15) is 9.59 Å². The van der Waals surface area contributed by atoms with Gasteiger partial charge in [0.05, 0.1) is 0 Å². The molecule has 2 aromatic heterocycles. The Labute approximate surface area is 166 Å². The Hall–Kier alpha value is -2.38. The van der Waals surface area contributed by atoms with E-state index in [1.807, 2.05) is 12.1 Å². The van der Waals surface area contributed by atoms with Gasteiger partial charge in [-0.3, -0.25) is 0 Å². The number of hydrogen-bond donors (Lipinski definition) is 2. The molecule has 27 heavy (non-hydrogen) atoms. The zero-order chi connectivity index (χ0) is 18.6. The number of amides is 2. The molecule has 0 radical (unpaired) electrons. The Morgan fingerprint density at radius 3 is 1.63 bits per heavy atom. The molecule has 136 valence electrons. The van der Waals surface area contributed by atoms with Crippen molar-refractivity contribution in [2.75, 3.05) is 13.1 Å². The molecular weight excluding hydrogens is 478 g/mol. The van der Waals surface area contributed by atoms with Gasteiger partial charge in [-0.1, -0.05) is 0 Å². The van der Waals surface area contributed by atoms with Gasteiger partial charge in [0, 0.05) is 0 Å². The minimum absolute atomic E-state index is 0.0990. The molecule has 10 heteroatoms. The van der Waals surface area contributed by atoms with Crippen molar-refractivity contribution in [2.45, 2.75) is 6.42 Å². The van der Waals surface area contributed by atoms with Gasteiger partial charge in [0.25, 0.3) is 0 Å². The van der Waals surface area contributed by atoms with Crippen LogP contribution < -0.4 is 10.6 Å². The van der Waals surface area contributed by atoms with E-state index < -0.39 is 0 Å². The molecule has 2 amide bonds. The van der Waals surface area contributed by atoms with Crippen molar-refractivity contribution < 1.29 is 9.59 Å². The molecule has 4 rings (SSSR count). The van der Waals surface area contributed by atoms with Crippen molar-refractivity contribution in [1.29, 1.82) is 0 Å². The maximum atomic E-state index is 12.2. The quantitative estimate of drug-likeness (QED) is 0.295. The molecule has 0 aliphatic rings. The fraction of sp³-hybridized carbons (Fsp3) is 0.176. The summed E-state index contributed by atoms with van der Waals surface area (Å²) in [7, 11) is 0. The van der Waals surface area contributed by atoms with Gasteiger partial charge in [-0.15, -0.1) is 0 Å². The van der Waals surface area contributed by atoms with Gasteiger partial charge in [0.2, 0.25) is 0 Å². The Kier molecular flexibility index (Phi) is 5.40. The molecule has 0 fully saturated rings. The summed E-state index contributed by atoms with van der Waals surface area (Å²) in [6, 6.07) is 10.7. The van der Waals surface area contributed by atoms with Crippen molar-refractivity contribution in [3.8, 4) is 0 Å². The van der Waals surface area contributed by atoms with Crippen LogP contribution in [0.2, 0.25) is 0 Å². The van der Waals surface area contributed by atoms with Crippen LogP contribution in [0, 0.1) is 0 Å². The fourth-order valence-electron chi connectivity index (χ4n) is 2.54. The van der Waals surface area contributed by atoms with Gasteiger partial charge in [-0.2, -0.15) is 0 Å². The molecule has 0 saturated carbocycles. The molecule has 0 unspecified atom stereocenters. The summed E-state index contributed by atoms with van der Waals surface area (Å²) < 4.78 is 17.1. The number of hydrogen-bond acceptors (Lipinski definition) is 6. The number of aromatic nitrogens is 4. The number of nitrogens with zero attached hydrogens (tertiary/aromatic N) is 4. The van der Waals surface area contributed by atoms with Crippen LogP contribution in [-0.4, -0.2) is 70.7 Å². The van der Waals surface area contributed by atoms with Gasteiger partial charge < -0.3 is 0 Å². The normalized spacial score (nSPS) is 11.0. The van der Waals surface area contributed by atoms with E-state index in [-0.39, 0.29) is 41.7 Å². The van der Waals surface area contributed by atoms with Crippen LogP contribution in [0.4, 0.5) is 0 Å². The Bertz CT molecular complexity index is 1030. The van der Waals surface area contributed by atoms with Crippen molar-refractivity contribution in [3.63, 3.8) is 0 Å². The number of carbonyl (C=O) groups excluding carboxylic acids is 2. The van der Waals surface area contributed by atoms with E-state index in [2.05, 4.69) is 26.6 Å². The first-order valence-electron chi connectivity index (χ1n) is 8.22. The SMILES string of the molecule is O=C(NCCCNC(=O)c1ccc2n[se]nc2c1)c1ccc2n[se]nc2c1. The summed E-state index contributed by atoms with van der Waals surface area (Å²) >= 11 is -0.198. The van der Waals surface area contributed by atoms with Gasteiger partial charge in [-0.25, -0.2) is 0 Å². The number of benzene rings is 2. The monoisotopic (exact) mass is 494 g/mol. The summed E-state index contributed by atoms with van der Waals surface area (Å²) in [5.74, 6) is -0.297. The van der Waals surface area contributed by atoms with Crippen LogP contribution in [0.3, 0.4) is 0 Å². The number of carbonyl (C=O) groups is 2. The van der Waals surface area contributed by atoms with Gasteiger partial charge in [0.15, 0.2) is 0 Å². The second-order valence-corrected chi connectivity index (χ2v) is 8.02. The molecule has 0 saturated heterocycles. The summed E-state index contributed by atoms with van der Waals surface area (Å²) in [6.07, 6.45) is 0.638. The van der Waals surface area contributed by atoms with E-state index >= 15 is 0 Å². The van der Waals surface area contributed by atoms with E-state index in [0.29, 0.717) is 30.6 Å². The predicted molar refractivity (Wildman–Crippen MR) is 102 cm³/mol. The molecule has 0 aliphatic heterocycles. The second kappa shape index (κ2) is 8.10. The number of fused-ring (bicyclic) bond motifs is 2. The van der Waals surface area contributed by atoms with Crippen LogP contribution in [0.25, 0.3) is 22.1 Å². The van der Waals surface area contributed by atoms with E-state index in [4.69, 9.17) is 0 Å². The van der Waals surface area contributed by atoms with Crippen LogP contribution >= 0.6 is 0 Å². The molecule has 2 N–H and O–H groups in total. The zero-order valence-electron chi connectivity index (χ0n) is 14.0. The summed E-state index contributed by atoms with van der Waals surface area (Å²) in [6.45, 7) is 0.950. The van der Waals surface area contributed by atoms with Crippen molar-refractivity contribution in [1.82, 2.24) is 26.6 Å². The Morgan fingerprint density at radius 2 is 1.15 bits per heavy atom. The second-order valence-electron chi connectivity index (χ2n) is 5.80. The number of nitrogens with one attached hydrogen (secondary N) is 2. The van der Waals surface area contributed by atoms with Crippen LogP contribution in [0.1, 0.15) is 27.1 Å². The summed E-state index contributed by atoms with van der Waals surface area (Å²) in [5, 5.41) is 5.71. The van der Waals surface area contributed by atoms with Gasteiger partial charge in [-0.05, 0) is 0 Å². The molecule has 8 nitrogen and oxygen atoms in total. The van der Waals surface area contributed by atoms with Crippen molar-refractivity contribution in [2.24, 2.45) is 0 Å². The minimum atomic E-state index is -0.149. The maximum absolute atomic E-state index is 12.2. The molecule has 0 aliphatic carbocycles. The first kappa shape index (κ1) is 18.0. The third kappa shape index (κ3) is 4.14. The average molecular weight is 492 g/mol. The van der Waals surface area contributed by atoms with Crippen molar-refractivity contribution in [3.05, 3.63) is 47.5 Å². The summed E-state index contributed by atoms with van der Waals surface area (Å²) in [5.41, 5.74) is 4.41. The fourth-order valence-corrected chi connectivity index (χ4v) is 4.71.